The summed E-state index contributed by atoms with van der Waals surface area (Å²) in [6, 6.07) is 6.73. The van der Waals surface area contributed by atoms with E-state index in [1.54, 1.807) is 18.3 Å². The van der Waals surface area contributed by atoms with E-state index in [9.17, 15) is 4.39 Å². The van der Waals surface area contributed by atoms with Crippen molar-refractivity contribution in [3.8, 4) is 0 Å². The van der Waals surface area contributed by atoms with Gasteiger partial charge < -0.3 is 0 Å². The molecule has 0 N–H and O–H groups in total. The summed E-state index contributed by atoms with van der Waals surface area (Å²) in [5.74, 6) is -0.192. The van der Waals surface area contributed by atoms with Gasteiger partial charge in [0, 0.05) is 11.8 Å². The molecule has 0 saturated carbocycles. The average Bonchev–Trinajstić information content (AvgIpc) is 2.23. The number of allylic oxidation sites excluding steroid dienone is 1. The molecule has 1 aromatic carbocycles. The van der Waals surface area contributed by atoms with Gasteiger partial charge in [0.05, 0.1) is 6.54 Å². The smallest absolute Gasteiger partial charge is 0.130 e. The summed E-state index contributed by atoms with van der Waals surface area (Å²) in [7, 11) is 0. The highest BCUT2D eigenvalue weighted by atomic mass is 19.1. The predicted molar refractivity (Wildman–Crippen MR) is 56.9 cm³/mol. The molecule has 2 heteroatoms. The van der Waals surface area contributed by atoms with Crippen LogP contribution in [-0.4, -0.2) is 12.8 Å². The third-order valence-electron chi connectivity index (χ3n) is 2.02. The number of dihydropyridines is 1. The van der Waals surface area contributed by atoms with Gasteiger partial charge in [-0.2, -0.15) is 0 Å². The van der Waals surface area contributed by atoms with E-state index in [1.807, 2.05) is 24.3 Å². The molecular formula is C12H10FN. The van der Waals surface area contributed by atoms with Crippen molar-refractivity contribution in [1.82, 2.24) is 0 Å². The molecule has 0 spiro atoms. The van der Waals surface area contributed by atoms with Crippen LogP contribution in [0.1, 0.15) is 5.56 Å². The maximum absolute atomic E-state index is 13.2. The molecule has 0 radical (unpaired) electrons. The maximum atomic E-state index is 13.2. The van der Waals surface area contributed by atoms with Gasteiger partial charge in [0.15, 0.2) is 0 Å². The van der Waals surface area contributed by atoms with Crippen molar-refractivity contribution in [2.24, 2.45) is 4.99 Å². The molecule has 2 rings (SSSR count). The summed E-state index contributed by atoms with van der Waals surface area (Å²) in [6.07, 6.45) is 7.37. The second-order valence-corrected chi connectivity index (χ2v) is 3.09. The first-order valence-electron chi connectivity index (χ1n) is 4.48. The third-order valence-corrected chi connectivity index (χ3v) is 2.02. The number of hydrogen-bond donors (Lipinski definition) is 0. The van der Waals surface area contributed by atoms with Gasteiger partial charge in [-0.1, -0.05) is 24.3 Å². The Morgan fingerprint density at radius 3 is 2.86 bits per heavy atom. The highest BCUT2D eigenvalue weighted by Gasteiger charge is 1.99. The van der Waals surface area contributed by atoms with E-state index in [0.29, 0.717) is 12.1 Å². The fourth-order valence-electron chi connectivity index (χ4n) is 1.32. The lowest BCUT2D eigenvalue weighted by atomic mass is 10.1. The SMILES string of the molecule is Fc1ccccc1/C=C1\C=CC=NC1. The summed E-state index contributed by atoms with van der Waals surface area (Å²) in [6.45, 7) is 0.630. The van der Waals surface area contributed by atoms with Crippen LogP contribution in [0, 0.1) is 5.82 Å². The summed E-state index contributed by atoms with van der Waals surface area (Å²) in [5.41, 5.74) is 1.64. The van der Waals surface area contributed by atoms with Crippen molar-refractivity contribution < 1.29 is 4.39 Å². The Kier molecular flexibility index (Phi) is 2.54. The van der Waals surface area contributed by atoms with Crippen LogP contribution in [0.5, 0.6) is 0 Å². The van der Waals surface area contributed by atoms with E-state index in [4.69, 9.17) is 0 Å². The van der Waals surface area contributed by atoms with Gasteiger partial charge in [0.1, 0.15) is 5.82 Å². The molecule has 0 aliphatic carbocycles. The minimum Gasteiger partial charge on any atom is -0.288 e. The average molecular weight is 187 g/mol. The van der Waals surface area contributed by atoms with Crippen LogP contribution in [0.25, 0.3) is 6.08 Å². The van der Waals surface area contributed by atoms with Gasteiger partial charge >= 0.3 is 0 Å². The molecule has 0 fully saturated rings. The van der Waals surface area contributed by atoms with Gasteiger partial charge in [0.25, 0.3) is 0 Å². The van der Waals surface area contributed by atoms with Crippen LogP contribution in [0.3, 0.4) is 0 Å². The second kappa shape index (κ2) is 4.01. The Hall–Kier alpha value is -1.70. The topological polar surface area (TPSA) is 12.4 Å². The highest BCUT2D eigenvalue weighted by molar-refractivity contribution is 5.75. The number of halogens is 1. The first-order valence-corrected chi connectivity index (χ1v) is 4.48. The number of hydrogen-bond acceptors (Lipinski definition) is 1. The molecule has 0 atom stereocenters. The molecule has 1 aromatic rings. The van der Waals surface area contributed by atoms with Gasteiger partial charge in [-0.25, -0.2) is 4.39 Å². The molecule has 0 saturated heterocycles. The molecule has 1 aliphatic rings. The van der Waals surface area contributed by atoms with Crippen LogP contribution in [0.15, 0.2) is 47.0 Å². The van der Waals surface area contributed by atoms with Crippen LogP contribution in [0.2, 0.25) is 0 Å². The molecule has 70 valence electrons. The quantitative estimate of drug-likeness (QED) is 0.641. The summed E-state index contributed by atoms with van der Waals surface area (Å²) >= 11 is 0. The van der Waals surface area contributed by atoms with E-state index in [0.717, 1.165) is 5.57 Å². The zero-order chi connectivity index (χ0) is 9.80. The first kappa shape index (κ1) is 8.88. The van der Waals surface area contributed by atoms with Crippen LogP contribution >= 0.6 is 0 Å². The summed E-state index contributed by atoms with van der Waals surface area (Å²) in [5, 5.41) is 0. The number of rotatable bonds is 1. The Labute approximate surface area is 82.3 Å². The highest BCUT2D eigenvalue weighted by Crippen LogP contribution is 2.13. The molecule has 1 aliphatic heterocycles. The van der Waals surface area contributed by atoms with Gasteiger partial charge in [-0.15, -0.1) is 0 Å². The Morgan fingerprint density at radius 2 is 2.14 bits per heavy atom. The maximum Gasteiger partial charge on any atom is 0.130 e. The molecule has 0 amide bonds. The van der Waals surface area contributed by atoms with E-state index < -0.39 is 0 Å². The first-order chi connectivity index (χ1) is 6.86. The zero-order valence-corrected chi connectivity index (χ0v) is 7.65. The largest absolute Gasteiger partial charge is 0.288 e. The van der Waals surface area contributed by atoms with Crippen molar-refractivity contribution in [3.05, 3.63) is 53.4 Å². The van der Waals surface area contributed by atoms with Crippen molar-refractivity contribution in [2.75, 3.05) is 6.54 Å². The molecule has 0 aromatic heterocycles. The summed E-state index contributed by atoms with van der Waals surface area (Å²) in [4.78, 5) is 4.08. The van der Waals surface area contributed by atoms with Gasteiger partial charge in [-0.3, -0.25) is 4.99 Å². The van der Waals surface area contributed by atoms with Crippen molar-refractivity contribution in [1.29, 1.82) is 0 Å². The molecule has 14 heavy (non-hydrogen) atoms. The molecule has 0 bridgehead atoms. The second-order valence-electron chi connectivity index (χ2n) is 3.09. The Bertz CT molecular complexity index is 416. The minimum absolute atomic E-state index is 0.192. The van der Waals surface area contributed by atoms with Crippen LogP contribution in [-0.2, 0) is 0 Å². The van der Waals surface area contributed by atoms with E-state index in [-0.39, 0.29) is 5.82 Å². The fraction of sp³-hybridized carbons (Fsp3) is 0.0833. The standard InChI is InChI=1S/C12H10FN/c13-12-6-2-1-5-11(12)8-10-4-3-7-14-9-10/h1-8H,9H2/b10-8+. The van der Waals surface area contributed by atoms with E-state index in [2.05, 4.69) is 4.99 Å². The number of nitrogens with zero attached hydrogens (tertiary/aromatic N) is 1. The van der Waals surface area contributed by atoms with Crippen molar-refractivity contribution >= 4 is 12.3 Å². The van der Waals surface area contributed by atoms with Crippen LogP contribution < -0.4 is 0 Å². The normalized spacial score (nSPS) is 17.6. The fourth-order valence-corrected chi connectivity index (χ4v) is 1.32. The molecular weight excluding hydrogens is 177 g/mol. The minimum atomic E-state index is -0.192. The monoisotopic (exact) mass is 187 g/mol. The number of benzene rings is 1. The summed E-state index contributed by atoms with van der Waals surface area (Å²) < 4.78 is 13.2. The zero-order valence-electron chi connectivity index (χ0n) is 7.65. The van der Waals surface area contributed by atoms with Crippen molar-refractivity contribution in [2.45, 2.75) is 0 Å². The lowest BCUT2D eigenvalue weighted by molar-refractivity contribution is 0.625. The molecule has 1 heterocycles. The number of aliphatic imine (C=N–C) groups is 1. The molecule has 0 unspecified atom stereocenters. The van der Waals surface area contributed by atoms with E-state index in [1.165, 1.54) is 6.07 Å². The predicted octanol–water partition coefficient (Wildman–Crippen LogP) is 2.85. The van der Waals surface area contributed by atoms with Gasteiger partial charge in [0.2, 0.25) is 0 Å². The van der Waals surface area contributed by atoms with Gasteiger partial charge in [-0.05, 0) is 23.8 Å². The molecule has 1 nitrogen and oxygen atoms in total. The van der Waals surface area contributed by atoms with E-state index >= 15 is 0 Å². The van der Waals surface area contributed by atoms with Crippen LogP contribution in [0.4, 0.5) is 4.39 Å². The lowest BCUT2D eigenvalue weighted by Crippen LogP contribution is -1.91. The lowest BCUT2D eigenvalue weighted by Gasteiger charge is -2.02. The Morgan fingerprint density at radius 1 is 1.29 bits per heavy atom. The third kappa shape index (κ3) is 1.96. The van der Waals surface area contributed by atoms with Crippen molar-refractivity contribution in [3.63, 3.8) is 0 Å². The Balaban J connectivity index is 2.29.